The van der Waals surface area contributed by atoms with Gasteiger partial charge in [-0.2, -0.15) is 0 Å². The van der Waals surface area contributed by atoms with Crippen molar-refractivity contribution < 1.29 is 32.7 Å². The quantitative estimate of drug-likeness (QED) is 0.394. The van der Waals surface area contributed by atoms with Crippen LogP contribution in [0.25, 0.3) is 0 Å². The van der Waals surface area contributed by atoms with Crippen LogP contribution in [0, 0.1) is 0 Å². The van der Waals surface area contributed by atoms with E-state index in [1.807, 2.05) is 0 Å². The summed E-state index contributed by atoms with van der Waals surface area (Å²) in [5.41, 5.74) is -0.709. The van der Waals surface area contributed by atoms with Gasteiger partial charge < -0.3 is 18.5 Å². The number of amides is 1. The van der Waals surface area contributed by atoms with Crippen molar-refractivity contribution in [3.63, 3.8) is 0 Å². The highest BCUT2D eigenvalue weighted by atomic mass is 31.2. The third-order valence-electron chi connectivity index (χ3n) is 1.94. The molecule has 0 saturated heterocycles. The Kier molecular flexibility index (Phi) is 8.54. The SMILES string of the molecule is CCOP(=O)(C[C@H](NC(=O)OC(C)(C)C)OC=O)OCC. The van der Waals surface area contributed by atoms with Gasteiger partial charge in [0, 0.05) is 0 Å². The number of alkyl carbamates (subject to hydrolysis) is 1. The molecule has 124 valence electrons. The van der Waals surface area contributed by atoms with Gasteiger partial charge in [0.25, 0.3) is 6.47 Å². The highest BCUT2D eigenvalue weighted by Gasteiger charge is 2.31. The fourth-order valence-corrected chi connectivity index (χ4v) is 3.02. The van der Waals surface area contributed by atoms with E-state index in [0.717, 1.165) is 0 Å². The van der Waals surface area contributed by atoms with Crippen LogP contribution >= 0.6 is 7.60 Å². The van der Waals surface area contributed by atoms with Crippen molar-refractivity contribution in [3.05, 3.63) is 0 Å². The number of hydrogen-bond donors (Lipinski definition) is 1. The Balaban J connectivity index is 4.77. The predicted octanol–water partition coefficient (Wildman–Crippen LogP) is 2.28. The first-order valence-corrected chi connectivity index (χ1v) is 8.35. The van der Waals surface area contributed by atoms with Crippen molar-refractivity contribution >= 4 is 20.2 Å². The Morgan fingerprint density at radius 2 is 1.76 bits per heavy atom. The molecule has 0 aliphatic carbocycles. The topological polar surface area (TPSA) is 100 Å². The molecule has 0 aromatic carbocycles. The average molecular weight is 325 g/mol. The van der Waals surface area contributed by atoms with Crippen LogP contribution in [0.2, 0.25) is 0 Å². The maximum Gasteiger partial charge on any atom is 0.410 e. The van der Waals surface area contributed by atoms with Crippen LogP contribution in [0.3, 0.4) is 0 Å². The molecular formula is C12H24NO7P. The van der Waals surface area contributed by atoms with Gasteiger partial charge in [0.1, 0.15) is 11.8 Å². The zero-order valence-corrected chi connectivity index (χ0v) is 14.0. The van der Waals surface area contributed by atoms with Crippen molar-refractivity contribution in [1.82, 2.24) is 5.32 Å². The Morgan fingerprint density at radius 1 is 1.24 bits per heavy atom. The van der Waals surface area contributed by atoms with Crippen molar-refractivity contribution in [2.45, 2.75) is 46.4 Å². The number of nitrogens with one attached hydrogen (secondary N) is 1. The molecule has 0 fully saturated rings. The fraction of sp³-hybridized carbons (Fsp3) is 0.833. The van der Waals surface area contributed by atoms with Gasteiger partial charge in [-0.15, -0.1) is 0 Å². The molecule has 1 N–H and O–H groups in total. The average Bonchev–Trinajstić information content (AvgIpc) is 2.26. The van der Waals surface area contributed by atoms with Crippen LogP contribution in [-0.2, 0) is 27.9 Å². The van der Waals surface area contributed by atoms with Crippen molar-refractivity contribution in [2.75, 3.05) is 19.4 Å². The first-order valence-electron chi connectivity index (χ1n) is 6.62. The standard InChI is InChI=1S/C12H24NO7P/c1-6-18-21(16,19-7-2)8-10(17-9-14)13-11(15)20-12(3,4)5/h9-10H,6-8H2,1-5H3,(H,13,15)/t10-/m1/s1. The van der Waals surface area contributed by atoms with Crippen LogP contribution in [0.5, 0.6) is 0 Å². The maximum atomic E-state index is 12.3. The number of rotatable bonds is 9. The highest BCUT2D eigenvalue weighted by molar-refractivity contribution is 7.53. The minimum atomic E-state index is -3.47. The van der Waals surface area contributed by atoms with Crippen LogP contribution < -0.4 is 5.32 Å². The smallest absolute Gasteiger partial charge is 0.410 e. The van der Waals surface area contributed by atoms with E-state index in [-0.39, 0.29) is 25.8 Å². The molecule has 0 aromatic heterocycles. The Morgan fingerprint density at radius 3 is 2.14 bits per heavy atom. The van der Waals surface area contributed by atoms with Gasteiger partial charge >= 0.3 is 13.7 Å². The summed E-state index contributed by atoms with van der Waals surface area (Å²) >= 11 is 0. The van der Waals surface area contributed by atoms with Crippen molar-refractivity contribution in [3.8, 4) is 0 Å². The molecule has 0 aromatic rings. The Bertz CT molecular complexity index is 370. The van der Waals surface area contributed by atoms with Gasteiger partial charge in [0.2, 0.25) is 0 Å². The Labute approximate surface area is 125 Å². The van der Waals surface area contributed by atoms with Crippen molar-refractivity contribution in [2.24, 2.45) is 0 Å². The largest absolute Gasteiger partial charge is 0.444 e. The Hall–Kier alpha value is -1.11. The molecule has 9 heteroatoms. The van der Waals surface area contributed by atoms with Gasteiger partial charge in [-0.3, -0.25) is 14.7 Å². The second-order valence-electron chi connectivity index (χ2n) is 5.00. The van der Waals surface area contributed by atoms with E-state index in [1.165, 1.54) is 0 Å². The summed E-state index contributed by atoms with van der Waals surface area (Å²) in [7, 11) is -3.47. The molecule has 0 bridgehead atoms. The van der Waals surface area contributed by atoms with Crippen LogP contribution in [-0.4, -0.2) is 43.8 Å². The molecule has 0 radical (unpaired) electrons. The predicted molar refractivity (Wildman–Crippen MR) is 76.0 cm³/mol. The maximum absolute atomic E-state index is 12.3. The monoisotopic (exact) mass is 325 g/mol. The lowest BCUT2D eigenvalue weighted by Gasteiger charge is -2.25. The first kappa shape index (κ1) is 19.9. The van der Waals surface area contributed by atoms with Crippen molar-refractivity contribution in [1.29, 1.82) is 0 Å². The fourth-order valence-electron chi connectivity index (χ4n) is 1.37. The van der Waals surface area contributed by atoms with E-state index in [4.69, 9.17) is 18.5 Å². The lowest BCUT2D eigenvalue weighted by Crippen LogP contribution is -2.42. The first-order chi connectivity index (χ1) is 9.65. The summed E-state index contributed by atoms with van der Waals surface area (Å²) in [5.74, 6) is 0. The minimum Gasteiger partial charge on any atom is -0.444 e. The molecule has 1 atom stereocenters. The summed E-state index contributed by atoms with van der Waals surface area (Å²) in [5, 5.41) is 2.30. The van der Waals surface area contributed by atoms with Gasteiger partial charge in [0.05, 0.1) is 13.2 Å². The minimum absolute atomic E-state index is 0.143. The second kappa shape index (κ2) is 9.02. The van der Waals surface area contributed by atoms with E-state index in [0.29, 0.717) is 0 Å². The third-order valence-corrected chi connectivity index (χ3v) is 4.02. The normalized spacial score (nSPS) is 13.4. The molecule has 0 rings (SSSR count). The van der Waals surface area contributed by atoms with Gasteiger partial charge in [-0.25, -0.2) is 4.79 Å². The molecule has 21 heavy (non-hydrogen) atoms. The molecule has 0 saturated carbocycles. The van der Waals surface area contributed by atoms with E-state index in [2.05, 4.69) is 5.32 Å². The zero-order chi connectivity index (χ0) is 16.5. The van der Waals surface area contributed by atoms with E-state index in [9.17, 15) is 14.2 Å². The summed E-state index contributed by atoms with van der Waals surface area (Å²) in [6.45, 7) is 8.85. The van der Waals surface area contributed by atoms with Crippen LogP contribution in [0.1, 0.15) is 34.6 Å². The number of ether oxygens (including phenoxy) is 2. The van der Waals surface area contributed by atoms with Crippen LogP contribution in [0.4, 0.5) is 4.79 Å². The molecule has 0 unspecified atom stereocenters. The number of carbonyl (C=O) groups excluding carboxylic acids is 2. The molecule has 0 aliphatic heterocycles. The van der Waals surface area contributed by atoms with Gasteiger partial charge in [0.15, 0.2) is 6.23 Å². The van der Waals surface area contributed by atoms with Gasteiger partial charge in [-0.1, -0.05) is 0 Å². The highest BCUT2D eigenvalue weighted by Crippen LogP contribution is 2.48. The number of carbonyl (C=O) groups is 2. The zero-order valence-electron chi connectivity index (χ0n) is 13.1. The summed E-state index contributed by atoms with van der Waals surface area (Å²) in [6.07, 6.45) is -2.26. The summed E-state index contributed by atoms with van der Waals surface area (Å²) < 4.78 is 32.2. The number of hydrogen-bond acceptors (Lipinski definition) is 7. The molecule has 0 spiro atoms. The van der Waals surface area contributed by atoms with Crippen LogP contribution in [0.15, 0.2) is 0 Å². The lowest BCUT2D eigenvalue weighted by atomic mass is 10.2. The van der Waals surface area contributed by atoms with E-state index < -0.39 is 25.5 Å². The molecule has 0 aliphatic rings. The molecular weight excluding hydrogens is 301 g/mol. The lowest BCUT2D eigenvalue weighted by molar-refractivity contribution is -0.133. The third kappa shape index (κ3) is 9.44. The van der Waals surface area contributed by atoms with E-state index >= 15 is 0 Å². The molecule has 1 amide bonds. The van der Waals surface area contributed by atoms with E-state index in [1.54, 1.807) is 34.6 Å². The summed E-state index contributed by atoms with van der Waals surface area (Å²) in [6, 6.07) is 0. The molecule has 0 heterocycles. The van der Waals surface area contributed by atoms with Gasteiger partial charge in [-0.05, 0) is 34.6 Å². The molecule has 8 nitrogen and oxygen atoms in total. The second-order valence-corrected chi connectivity index (χ2v) is 7.10. The summed E-state index contributed by atoms with van der Waals surface area (Å²) in [4.78, 5) is 22.1.